The molecule has 184 valence electrons. The van der Waals surface area contributed by atoms with Gasteiger partial charge < -0.3 is 5.11 Å². The highest BCUT2D eigenvalue weighted by atomic mass is 32.2. The molecule has 0 saturated heterocycles. The standard InChI is InChI=1S/C22H23F3N2O6S/c23-22(24,25)18-12-17(7-8-19(18)27(30)31)34(32,33)26-14-21(9-1-2-10-21)13-16-5-3-15(4-6-16)11-20(28)29/h3-8,12,26H,1-2,9-11,13-14H2,(H,28,29). The van der Waals surface area contributed by atoms with Crippen LogP contribution in [0.1, 0.15) is 42.4 Å². The van der Waals surface area contributed by atoms with E-state index in [1.165, 1.54) is 0 Å². The van der Waals surface area contributed by atoms with E-state index in [0.29, 0.717) is 30.9 Å². The molecule has 1 aliphatic carbocycles. The van der Waals surface area contributed by atoms with E-state index in [4.69, 9.17) is 5.11 Å². The van der Waals surface area contributed by atoms with Gasteiger partial charge >= 0.3 is 12.1 Å². The molecule has 0 bridgehead atoms. The van der Waals surface area contributed by atoms with E-state index in [2.05, 4.69) is 4.72 Å². The van der Waals surface area contributed by atoms with Gasteiger partial charge in [-0.2, -0.15) is 13.2 Å². The molecule has 2 aromatic rings. The normalized spacial score (nSPS) is 15.9. The van der Waals surface area contributed by atoms with E-state index in [1.807, 2.05) is 0 Å². The van der Waals surface area contributed by atoms with Crippen molar-refractivity contribution in [3.05, 3.63) is 69.3 Å². The molecule has 2 aromatic carbocycles. The first kappa shape index (κ1) is 25.6. The molecule has 1 fully saturated rings. The number of halogens is 3. The fourth-order valence-corrected chi connectivity index (χ4v) is 5.51. The molecular weight excluding hydrogens is 477 g/mol. The number of carboxylic acid groups (broad SMARTS) is 1. The number of nitro groups is 1. The first-order chi connectivity index (χ1) is 15.8. The van der Waals surface area contributed by atoms with Crippen LogP contribution in [-0.4, -0.2) is 31.0 Å². The van der Waals surface area contributed by atoms with Crippen LogP contribution >= 0.6 is 0 Å². The summed E-state index contributed by atoms with van der Waals surface area (Å²) < 4.78 is 67.7. The second-order valence-electron chi connectivity index (χ2n) is 8.53. The van der Waals surface area contributed by atoms with Crippen molar-refractivity contribution in [2.45, 2.75) is 49.6 Å². The molecule has 0 spiro atoms. The van der Waals surface area contributed by atoms with Gasteiger partial charge in [-0.05, 0) is 47.9 Å². The zero-order valence-electron chi connectivity index (χ0n) is 18.0. The van der Waals surface area contributed by atoms with E-state index in [0.717, 1.165) is 24.5 Å². The average molecular weight is 500 g/mol. The highest BCUT2D eigenvalue weighted by Crippen LogP contribution is 2.41. The first-order valence-corrected chi connectivity index (χ1v) is 11.9. The van der Waals surface area contributed by atoms with Gasteiger partial charge in [0.1, 0.15) is 5.56 Å². The number of hydrogen-bond acceptors (Lipinski definition) is 5. The van der Waals surface area contributed by atoms with Crippen LogP contribution in [0.3, 0.4) is 0 Å². The molecule has 0 aromatic heterocycles. The lowest BCUT2D eigenvalue weighted by atomic mass is 9.80. The molecule has 0 atom stereocenters. The Morgan fingerprint density at radius 1 is 1.09 bits per heavy atom. The number of nitro benzene ring substituents is 1. The SMILES string of the molecule is O=C(O)Cc1ccc(CC2(CNS(=O)(=O)c3ccc([N+](=O)[O-])c(C(F)(F)F)c3)CCCC2)cc1. The minimum absolute atomic E-state index is 0.00938. The molecule has 1 aliphatic rings. The number of carbonyl (C=O) groups is 1. The second kappa shape index (κ2) is 9.71. The molecule has 0 radical (unpaired) electrons. The predicted octanol–water partition coefficient (Wildman–Crippen LogP) is 4.32. The van der Waals surface area contributed by atoms with E-state index in [9.17, 15) is 36.5 Å². The zero-order valence-corrected chi connectivity index (χ0v) is 18.8. The number of benzene rings is 2. The van der Waals surface area contributed by atoms with Crippen LogP contribution < -0.4 is 4.72 Å². The Bertz CT molecular complexity index is 1170. The molecule has 1 saturated carbocycles. The number of aliphatic carboxylic acids is 1. The van der Waals surface area contributed by atoms with Crippen LogP contribution in [0.25, 0.3) is 0 Å². The number of nitrogens with zero attached hydrogens (tertiary/aromatic N) is 1. The monoisotopic (exact) mass is 500 g/mol. The summed E-state index contributed by atoms with van der Waals surface area (Å²) in [6.07, 6.45) is -1.53. The summed E-state index contributed by atoms with van der Waals surface area (Å²) >= 11 is 0. The number of sulfonamides is 1. The minimum Gasteiger partial charge on any atom is -0.481 e. The Kier molecular flexibility index (Phi) is 7.32. The molecule has 0 unspecified atom stereocenters. The first-order valence-electron chi connectivity index (χ1n) is 10.5. The summed E-state index contributed by atoms with van der Waals surface area (Å²) in [5.41, 5.74) is -1.77. The lowest BCUT2D eigenvalue weighted by Gasteiger charge is -2.29. The maximum Gasteiger partial charge on any atom is 0.423 e. The molecule has 12 heteroatoms. The summed E-state index contributed by atoms with van der Waals surface area (Å²) in [5, 5.41) is 19.8. The third-order valence-electron chi connectivity index (χ3n) is 6.04. The molecule has 8 nitrogen and oxygen atoms in total. The summed E-state index contributed by atoms with van der Waals surface area (Å²) in [5.74, 6) is -0.950. The zero-order chi connectivity index (χ0) is 25.1. The number of nitrogens with one attached hydrogen (secondary N) is 1. The van der Waals surface area contributed by atoms with Gasteiger partial charge in [0, 0.05) is 12.6 Å². The van der Waals surface area contributed by atoms with Crippen molar-refractivity contribution in [1.82, 2.24) is 4.72 Å². The number of rotatable bonds is 9. The number of hydrogen-bond donors (Lipinski definition) is 2. The highest BCUT2D eigenvalue weighted by molar-refractivity contribution is 7.89. The Balaban J connectivity index is 1.80. The van der Waals surface area contributed by atoms with Gasteiger partial charge in [0.2, 0.25) is 10.0 Å². The second-order valence-corrected chi connectivity index (χ2v) is 10.3. The van der Waals surface area contributed by atoms with Crippen molar-refractivity contribution in [2.24, 2.45) is 5.41 Å². The average Bonchev–Trinajstić information content (AvgIpc) is 3.21. The summed E-state index contributed by atoms with van der Waals surface area (Å²) in [6.45, 7) is -0.00938. The Morgan fingerprint density at radius 2 is 1.68 bits per heavy atom. The third-order valence-corrected chi connectivity index (χ3v) is 7.44. The summed E-state index contributed by atoms with van der Waals surface area (Å²) in [7, 11) is -4.36. The minimum atomic E-state index is -5.09. The van der Waals surface area contributed by atoms with Gasteiger partial charge in [0.25, 0.3) is 5.69 Å². The van der Waals surface area contributed by atoms with Crippen molar-refractivity contribution in [2.75, 3.05) is 6.54 Å². The molecule has 34 heavy (non-hydrogen) atoms. The van der Waals surface area contributed by atoms with Crippen molar-refractivity contribution < 1.29 is 36.4 Å². The van der Waals surface area contributed by atoms with Crippen LogP contribution in [-0.2, 0) is 33.8 Å². The van der Waals surface area contributed by atoms with Crippen LogP contribution in [0.15, 0.2) is 47.4 Å². The van der Waals surface area contributed by atoms with E-state index in [-0.39, 0.29) is 19.0 Å². The topological polar surface area (TPSA) is 127 Å². The van der Waals surface area contributed by atoms with Gasteiger partial charge in [-0.3, -0.25) is 14.9 Å². The largest absolute Gasteiger partial charge is 0.481 e. The number of carboxylic acids is 1. The van der Waals surface area contributed by atoms with E-state index >= 15 is 0 Å². The molecule has 0 amide bonds. The van der Waals surface area contributed by atoms with Crippen molar-refractivity contribution in [1.29, 1.82) is 0 Å². The van der Waals surface area contributed by atoms with E-state index in [1.54, 1.807) is 24.3 Å². The summed E-state index contributed by atoms with van der Waals surface area (Å²) in [6, 6.07) is 8.59. The van der Waals surface area contributed by atoms with Crippen molar-refractivity contribution in [3.8, 4) is 0 Å². The lowest BCUT2D eigenvalue weighted by Crippen LogP contribution is -2.37. The Hall–Kier alpha value is -2.99. The molecular formula is C22H23F3N2O6S. The summed E-state index contributed by atoms with van der Waals surface area (Å²) in [4.78, 5) is 19.9. The maximum absolute atomic E-state index is 13.3. The molecule has 3 rings (SSSR count). The van der Waals surface area contributed by atoms with E-state index < -0.39 is 48.7 Å². The van der Waals surface area contributed by atoms with Crippen LogP contribution in [0.4, 0.5) is 18.9 Å². The van der Waals surface area contributed by atoms with Crippen LogP contribution in [0, 0.1) is 15.5 Å². The molecule has 0 aliphatic heterocycles. The van der Waals surface area contributed by atoms with Crippen LogP contribution in [0.2, 0.25) is 0 Å². The smallest absolute Gasteiger partial charge is 0.423 e. The van der Waals surface area contributed by atoms with Gasteiger partial charge in [-0.15, -0.1) is 0 Å². The highest BCUT2D eigenvalue weighted by Gasteiger charge is 2.40. The van der Waals surface area contributed by atoms with Crippen molar-refractivity contribution >= 4 is 21.7 Å². The fourth-order valence-electron chi connectivity index (χ4n) is 4.32. The fraction of sp³-hybridized carbons (Fsp3) is 0.409. The lowest BCUT2D eigenvalue weighted by molar-refractivity contribution is -0.388. The maximum atomic E-state index is 13.3. The van der Waals surface area contributed by atoms with Gasteiger partial charge in [-0.25, -0.2) is 13.1 Å². The van der Waals surface area contributed by atoms with Gasteiger partial charge in [0.15, 0.2) is 0 Å². The van der Waals surface area contributed by atoms with Gasteiger partial charge in [-0.1, -0.05) is 37.1 Å². The Morgan fingerprint density at radius 3 is 2.21 bits per heavy atom. The number of alkyl halides is 3. The van der Waals surface area contributed by atoms with Crippen LogP contribution in [0.5, 0.6) is 0 Å². The quantitative estimate of drug-likeness (QED) is 0.390. The Labute approximate surface area is 194 Å². The van der Waals surface area contributed by atoms with Crippen molar-refractivity contribution in [3.63, 3.8) is 0 Å². The van der Waals surface area contributed by atoms with Gasteiger partial charge in [0.05, 0.1) is 16.2 Å². The third kappa shape index (κ3) is 6.11. The molecule has 0 heterocycles. The molecule has 2 N–H and O–H groups in total. The predicted molar refractivity (Wildman–Crippen MR) is 116 cm³/mol.